The molecule has 2 rings (SSSR count). The highest BCUT2D eigenvalue weighted by atomic mass is 32.2. The summed E-state index contributed by atoms with van der Waals surface area (Å²) in [6.07, 6.45) is 0. The van der Waals surface area contributed by atoms with Gasteiger partial charge in [-0.2, -0.15) is 0 Å². The minimum absolute atomic E-state index is 0.00225. The summed E-state index contributed by atoms with van der Waals surface area (Å²) in [7, 11) is -4.63. The second-order valence-corrected chi connectivity index (χ2v) is 7.61. The molecule has 2 aromatic carbocycles. The standard InChI is InChI=1S/C19H20N2O8S/c1-3-28-18(22)13-20(15-10-6-5-9-14(15)19(23)29-4-2)30(26,27)17-12-8-7-11-16(17)21(24)25/h5-12H,3-4,13H2,1-2H3. The van der Waals surface area contributed by atoms with Crippen LogP contribution in [-0.4, -0.2) is 45.0 Å². The van der Waals surface area contributed by atoms with Crippen LogP contribution in [-0.2, 0) is 24.3 Å². The molecule has 0 heterocycles. The molecule has 0 saturated heterocycles. The number of nitro benzene ring substituents is 1. The fourth-order valence-electron chi connectivity index (χ4n) is 2.64. The van der Waals surface area contributed by atoms with Crippen LogP contribution >= 0.6 is 0 Å². The van der Waals surface area contributed by atoms with Crippen LogP contribution in [0.25, 0.3) is 0 Å². The topological polar surface area (TPSA) is 133 Å². The maximum atomic E-state index is 13.4. The lowest BCUT2D eigenvalue weighted by Gasteiger charge is -2.25. The Morgan fingerprint density at radius 3 is 2.23 bits per heavy atom. The number of rotatable bonds is 9. The second-order valence-electron chi connectivity index (χ2n) is 5.78. The molecule has 0 radical (unpaired) electrons. The summed E-state index contributed by atoms with van der Waals surface area (Å²) >= 11 is 0. The smallest absolute Gasteiger partial charge is 0.340 e. The molecule has 0 atom stereocenters. The number of hydrogen-bond acceptors (Lipinski definition) is 8. The molecule has 0 fully saturated rings. The van der Waals surface area contributed by atoms with E-state index in [1.807, 2.05) is 0 Å². The minimum Gasteiger partial charge on any atom is -0.465 e. The lowest BCUT2D eigenvalue weighted by atomic mass is 10.2. The number of nitrogens with zero attached hydrogens (tertiary/aromatic N) is 2. The van der Waals surface area contributed by atoms with E-state index in [-0.39, 0.29) is 24.5 Å². The molecule has 0 aliphatic carbocycles. The fraction of sp³-hybridized carbons (Fsp3) is 0.263. The summed E-state index contributed by atoms with van der Waals surface area (Å²) in [5, 5.41) is 11.4. The van der Waals surface area contributed by atoms with E-state index in [1.165, 1.54) is 36.4 Å². The maximum absolute atomic E-state index is 13.4. The summed E-state index contributed by atoms with van der Waals surface area (Å²) in [5.74, 6) is -1.70. The van der Waals surface area contributed by atoms with Crippen molar-refractivity contribution in [3.05, 3.63) is 64.2 Å². The summed E-state index contributed by atoms with van der Waals surface area (Å²) in [4.78, 5) is 34.4. The number of anilines is 1. The summed E-state index contributed by atoms with van der Waals surface area (Å²) in [6.45, 7) is 2.38. The molecule has 0 aliphatic heterocycles. The van der Waals surface area contributed by atoms with Gasteiger partial charge in [0.2, 0.25) is 0 Å². The Kier molecular flexibility index (Phi) is 7.48. The van der Waals surface area contributed by atoms with Gasteiger partial charge in [0.1, 0.15) is 6.54 Å². The summed E-state index contributed by atoms with van der Waals surface area (Å²) in [5.41, 5.74) is -0.951. The first-order valence-electron chi connectivity index (χ1n) is 8.91. The molecule has 0 spiro atoms. The van der Waals surface area contributed by atoms with Crippen LogP contribution in [0.15, 0.2) is 53.4 Å². The van der Waals surface area contributed by atoms with Crippen LogP contribution in [0, 0.1) is 10.1 Å². The van der Waals surface area contributed by atoms with Gasteiger partial charge >= 0.3 is 11.9 Å². The molecule has 0 unspecified atom stereocenters. The van der Waals surface area contributed by atoms with Gasteiger partial charge in [0, 0.05) is 6.07 Å². The first-order chi connectivity index (χ1) is 14.2. The third-order valence-corrected chi connectivity index (χ3v) is 5.68. The zero-order valence-electron chi connectivity index (χ0n) is 16.3. The van der Waals surface area contributed by atoms with Gasteiger partial charge in [-0.1, -0.05) is 24.3 Å². The van der Waals surface area contributed by atoms with E-state index in [4.69, 9.17) is 9.47 Å². The number of carbonyl (C=O) groups is 2. The average molecular weight is 436 g/mol. The highest BCUT2D eigenvalue weighted by Gasteiger charge is 2.35. The van der Waals surface area contributed by atoms with Crippen LogP contribution in [0.4, 0.5) is 11.4 Å². The highest BCUT2D eigenvalue weighted by Crippen LogP contribution is 2.32. The van der Waals surface area contributed by atoms with Crippen molar-refractivity contribution in [3.63, 3.8) is 0 Å². The number of hydrogen-bond donors (Lipinski definition) is 0. The predicted molar refractivity (Wildman–Crippen MR) is 107 cm³/mol. The number of para-hydroxylation sites is 2. The van der Waals surface area contributed by atoms with E-state index in [0.717, 1.165) is 12.1 Å². The summed E-state index contributed by atoms with van der Waals surface area (Å²) in [6, 6.07) is 10.3. The Labute approximate surface area is 173 Å². The lowest BCUT2D eigenvalue weighted by Crippen LogP contribution is -2.38. The Morgan fingerprint density at radius 2 is 1.60 bits per heavy atom. The number of carbonyl (C=O) groups excluding carboxylic acids is 2. The zero-order valence-corrected chi connectivity index (χ0v) is 17.1. The Bertz CT molecular complexity index is 1050. The van der Waals surface area contributed by atoms with E-state index in [9.17, 15) is 28.1 Å². The van der Waals surface area contributed by atoms with Crippen molar-refractivity contribution in [1.82, 2.24) is 0 Å². The molecule has 0 aliphatic rings. The third kappa shape index (κ3) is 4.92. The Hall–Kier alpha value is -3.47. The van der Waals surface area contributed by atoms with Crippen molar-refractivity contribution in [3.8, 4) is 0 Å². The molecular weight excluding hydrogens is 416 g/mol. The van der Waals surface area contributed by atoms with Crippen molar-refractivity contribution in [2.45, 2.75) is 18.7 Å². The highest BCUT2D eigenvalue weighted by molar-refractivity contribution is 7.93. The molecule has 2 aromatic rings. The van der Waals surface area contributed by atoms with E-state index >= 15 is 0 Å². The molecule has 160 valence electrons. The van der Waals surface area contributed by atoms with Gasteiger partial charge in [-0.3, -0.25) is 19.2 Å². The molecule has 0 bridgehead atoms. The molecule has 0 aromatic heterocycles. The predicted octanol–water partition coefficient (Wildman–Crippen LogP) is 2.53. The monoisotopic (exact) mass is 436 g/mol. The quantitative estimate of drug-likeness (QED) is 0.333. The van der Waals surface area contributed by atoms with Gasteiger partial charge in [0.25, 0.3) is 15.7 Å². The number of benzene rings is 2. The molecule has 0 saturated carbocycles. The molecule has 0 N–H and O–H groups in total. The van der Waals surface area contributed by atoms with Crippen LogP contribution in [0.1, 0.15) is 24.2 Å². The van der Waals surface area contributed by atoms with Crippen molar-refractivity contribution in [2.75, 3.05) is 24.1 Å². The van der Waals surface area contributed by atoms with E-state index < -0.39 is 44.0 Å². The van der Waals surface area contributed by atoms with Crippen LogP contribution in [0.3, 0.4) is 0 Å². The number of sulfonamides is 1. The molecule has 10 nitrogen and oxygen atoms in total. The molecule has 0 amide bonds. The third-order valence-electron chi connectivity index (χ3n) is 3.88. The summed E-state index contributed by atoms with van der Waals surface area (Å²) < 4.78 is 37.2. The van der Waals surface area contributed by atoms with Crippen LogP contribution < -0.4 is 4.31 Å². The largest absolute Gasteiger partial charge is 0.465 e. The van der Waals surface area contributed by atoms with Gasteiger partial charge in [0.15, 0.2) is 4.90 Å². The number of nitro groups is 1. The average Bonchev–Trinajstić information content (AvgIpc) is 2.72. The van der Waals surface area contributed by atoms with Crippen molar-refractivity contribution >= 4 is 33.3 Å². The molecular formula is C19H20N2O8S. The molecule has 30 heavy (non-hydrogen) atoms. The van der Waals surface area contributed by atoms with Crippen molar-refractivity contribution in [1.29, 1.82) is 0 Å². The first kappa shape index (κ1) is 22.8. The SMILES string of the molecule is CCOC(=O)CN(c1ccccc1C(=O)OCC)S(=O)(=O)c1ccccc1[N+](=O)[O-]. The first-order valence-corrected chi connectivity index (χ1v) is 10.4. The van der Waals surface area contributed by atoms with Crippen LogP contribution in [0.2, 0.25) is 0 Å². The van der Waals surface area contributed by atoms with E-state index in [0.29, 0.717) is 4.31 Å². The van der Waals surface area contributed by atoms with Crippen molar-refractivity contribution in [2.24, 2.45) is 0 Å². The number of ether oxygens (including phenoxy) is 2. The maximum Gasteiger partial charge on any atom is 0.340 e. The lowest BCUT2D eigenvalue weighted by molar-refractivity contribution is -0.387. The molecule has 11 heteroatoms. The van der Waals surface area contributed by atoms with Gasteiger partial charge in [-0.05, 0) is 32.0 Å². The zero-order chi connectivity index (χ0) is 22.3. The van der Waals surface area contributed by atoms with Gasteiger partial charge in [0.05, 0.1) is 29.4 Å². The van der Waals surface area contributed by atoms with Gasteiger partial charge < -0.3 is 9.47 Å². The van der Waals surface area contributed by atoms with E-state index in [1.54, 1.807) is 13.8 Å². The van der Waals surface area contributed by atoms with Crippen LogP contribution in [0.5, 0.6) is 0 Å². The second kappa shape index (κ2) is 9.83. The van der Waals surface area contributed by atoms with E-state index in [2.05, 4.69) is 0 Å². The Balaban J connectivity index is 2.70. The van der Waals surface area contributed by atoms with Gasteiger partial charge in [-0.25, -0.2) is 13.2 Å². The van der Waals surface area contributed by atoms with Gasteiger partial charge in [-0.15, -0.1) is 0 Å². The van der Waals surface area contributed by atoms with Crippen molar-refractivity contribution < 1.29 is 32.4 Å². The minimum atomic E-state index is -4.63. The normalized spacial score (nSPS) is 10.9. The fourth-order valence-corrected chi connectivity index (χ4v) is 4.23. The number of esters is 2. The Morgan fingerprint density at radius 1 is 1.00 bits per heavy atom.